The van der Waals surface area contributed by atoms with Crippen molar-refractivity contribution in [3.63, 3.8) is 0 Å². The molecule has 1 unspecified atom stereocenters. The van der Waals surface area contributed by atoms with Crippen molar-refractivity contribution in [1.82, 2.24) is 0 Å². The van der Waals surface area contributed by atoms with E-state index in [2.05, 4.69) is 21.2 Å². The maximum absolute atomic E-state index is 13.6. The number of nitrogens with one attached hydrogen (secondary N) is 1. The molecule has 0 fully saturated rings. The van der Waals surface area contributed by atoms with Crippen molar-refractivity contribution in [3.8, 4) is 6.07 Å². The minimum Gasteiger partial charge on any atom is -0.366 e. The molecule has 0 bridgehead atoms. The molecule has 0 saturated heterocycles. The standard InChI is InChI=1S/C14H9BrF2N2/c15-9-4-6-10(7-5-9)19-13(8-18)14-11(16)2-1-3-12(14)17/h1-7,13,19H. The SMILES string of the molecule is N#CC(Nc1ccc(Br)cc1)c1c(F)cccc1F. The molecule has 0 heterocycles. The van der Waals surface area contributed by atoms with Crippen molar-refractivity contribution >= 4 is 21.6 Å². The lowest BCUT2D eigenvalue weighted by Gasteiger charge is -2.14. The Bertz CT molecular complexity index is 600. The number of hydrogen-bond acceptors (Lipinski definition) is 2. The van der Waals surface area contributed by atoms with E-state index in [0.29, 0.717) is 5.69 Å². The predicted octanol–water partition coefficient (Wildman–Crippen LogP) is 4.40. The van der Waals surface area contributed by atoms with Crippen LogP contribution in [-0.4, -0.2) is 0 Å². The first-order chi connectivity index (χ1) is 9.11. The third-order valence-corrected chi connectivity index (χ3v) is 3.10. The smallest absolute Gasteiger partial charge is 0.145 e. The van der Waals surface area contributed by atoms with Crippen molar-refractivity contribution in [2.45, 2.75) is 6.04 Å². The molecule has 19 heavy (non-hydrogen) atoms. The molecule has 0 aromatic heterocycles. The molecule has 0 amide bonds. The van der Waals surface area contributed by atoms with Crippen molar-refractivity contribution < 1.29 is 8.78 Å². The summed E-state index contributed by atoms with van der Waals surface area (Å²) >= 11 is 3.28. The minimum absolute atomic E-state index is 0.270. The average molecular weight is 323 g/mol. The molecule has 0 aliphatic carbocycles. The van der Waals surface area contributed by atoms with Gasteiger partial charge in [-0.1, -0.05) is 22.0 Å². The van der Waals surface area contributed by atoms with E-state index >= 15 is 0 Å². The highest BCUT2D eigenvalue weighted by molar-refractivity contribution is 9.10. The third-order valence-electron chi connectivity index (χ3n) is 2.57. The van der Waals surface area contributed by atoms with Gasteiger partial charge in [-0.3, -0.25) is 0 Å². The summed E-state index contributed by atoms with van der Waals surface area (Å²) in [6.07, 6.45) is 0. The van der Waals surface area contributed by atoms with Gasteiger partial charge in [0.05, 0.1) is 11.6 Å². The van der Waals surface area contributed by atoms with E-state index in [1.807, 2.05) is 6.07 Å². The van der Waals surface area contributed by atoms with Crippen LogP contribution in [0.2, 0.25) is 0 Å². The molecule has 2 rings (SSSR count). The summed E-state index contributed by atoms with van der Waals surface area (Å²) in [5.74, 6) is -1.48. The van der Waals surface area contributed by atoms with Gasteiger partial charge in [0.1, 0.15) is 17.7 Å². The molecule has 0 aliphatic heterocycles. The van der Waals surface area contributed by atoms with E-state index in [0.717, 1.165) is 16.6 Å². The highest BCUT2D eigenvalue weighted by Gasteiger charge is 2.19. The zero-order chi connectivity index (χ0) is 13.8. The molecular weight excluding hydrogens is 314 g/mol. The van der Waals surface area contributed by atoms with E-state index < -0.39 is 17.7 Å². The summed E-state index contributed by atoms with van der Waals surface area (Å²) in [6.45, 7) is 0. The first kappa shape index (κ1) is 13.5. The fourth-order valence-corrected chi connectivity index (χ4v) is 1.93. The van der Waals surface area contributed by atoms with Crippen LogP contribution < -0.4 is 5.32 Å². The predicted molar refractivity (Wildman–Crippen MR) is 72.5 cm³/mol. The number of rotatable bonds is 3. The van der Waals surface area contributed by atoms with Crippen LogP contribution in [0.5, 0.6) is 0 Å². The maximum atomic E-state index is 13.6. The zero-order valence-corrected chi connectivity index (χ0v) is 11.3. The Kier molecular flexibility index (Phi) is 4.13. The van der Waals surface area contributed by atoms with Gasteiger partial charge in [-0.05, 0) is 36.4 Å². The molecule has 0 spiro atoms. The van der Waals surface area contributed by atoms with Crippen LogP contribution in [0.1, 0.15) is 11.6 Å². The summed E-state index contributed by atoms with van der Waals surface area (Å²) < 4.78 is 28.1. The second-order valence-corrected chi connectivity index (χ2v) is 4.76. The highest BCUT2D eigenvalue weighted by atomic mass is 79.9. The monoisotopic (exact) mass is 322 g/mol. The summed E-state index contributed by atoms with van der Waals surface area (Å²) in [4.78, 5) is 0. The fraction of sp³-hybridized carbons (Fsp3) is 0.0714. The van der Waals surface area contributed by atoms with E-state index in [1.165, 1.54) is 6.07 Å². The molecule has 96 valence electrons. The summed E-state index contributed by atoms with van der Waals surface area (Å²) in [5, 5.41) is 11.9. The third kappa shape index (κ3) is 3.09. The largest absolute Gasteiger partial charge is 0.366 e. The maximum Gasteiger partial charge on any atom is 0.145 e. The molecule has 1 N–H and O–H groups in total. The fourth-order valence-electron chi connectivity index (χ4n) is 1.67. The molecule has 0 aliphatic rings. The normalized spacial score (nSPS) is 11.7. The topological polar surface area (TPSA) is 35.8 Å². The van der Waals surface area contributed by atoms with Crippen LogP contribution in [0.25, 0.3) is 0 Å². The van der Waals surface area contributed by atoms with Crippen LogP contribution in [0, 0.1) is 23.0 Å². The van der Waals surface area contributed by atoms with Crippen molar-refractivity contribution in [2.24, 2.45) is 0 Å². The van der Waals surface area contributed by atoms with Gasteiger partial charge in [0.15, 0.2) is 0 Å². The molecule has 2 aromatic carbocycles. The molecule has 0 saturated carbocycles. The molecule has 2 nitrogen and oxygen atoms in total. The number of nitrogens with zero attached hydrogens (tertiary/aromatic N) is 1. The van der Waals surface area contributed by atoms with Gasteiger partial charge in [-0.25, -0.2) is 8.78 Å². The van der Waals surface area contributed by atoms with Gasteiger partial charge in [0, 0.05) is 10.2 Å². The Balaban J connectivity index is 2.31. The molecule has 2 aromatic rings. The minimum atomic E-state index is -1.08. The Morgan fingerprint density at radius 1 is 1.05 bits per heavy atom. The molecule has 1 atom stereocenters. The molecule has 5 heteroatoms. The van der Waals surface area contributed by atoms with Gasteiger partial charge in [-0.15, -0.1) is 0 Å². The number of hydrogen-bond donors (Lipinski definition) is 1. The molecule has 0 radical (unpaired) electrons. The van der Waals surface area contributed by atoms with Gasteiger partial charge < -0.3 is 5.32 Å². The summed E-state index contributed by atoms with van der Waals surface area (Å²) in [7, 11) is 0. The lowest BCUT2D eigenvalue weighted by atomic mass is 10.1. The van der Waals surface area contributed by atoms with Crippen LogP contribution >= 0.6 is 15.9 Å². The van der Waals surface area contributed by atoms with E-state index in [-0.39, 0.29) is 5.56 Å². The summed E-state index contributed by atoms with van der Waals surface area (Å²) in [6, 6.07) is 11.3. The number of benzene rings is 2. The first-order valence-electron chi connectivity index (χ1n) is 5.47. The Morgan fingerprint density at radius 2 is 1.63 bits per heavy atom. The number of anilines is 1. The van der Waals surface area contributed by atoms with Crippen molar-refractivity contribution in [1.29, 1.82) is 5.26 Å². The number of nitriles is 1. The van der Waals surface area contributed by atoms with Gasteiger partial charge >= 0.3 is 0 Å². The Hall–Kier alpha value is -1.93. The highest BCUT2D eigenvalue weighted by Crippen LogP contribution is 2.25. The van der Waals surface area contributed by atoms with E-state index in [4.69, 9.17) is 5.26 Å². The number of halogens is 3. The summed E-state index contributed by atoms with van der Waals surface area (Å²) in [5.41, 5.74) is 0.338. The quantitative estimate of drug-likeness (QED) is 0.908. The van der Waals surface area contributed by atoms with Crippen molar-refractivity contribution in [2.75, 3.05) is 5.32 Å². The lowest BCUT2D eigenvalue weighted by Crippen LogP contribution is -2.12. The van der Waals surface area contributed by atoms with E-state index in [9.17, 15) is 8.78 Å². The zero-order valence-electron chi connectivity index (χ0n) is 9.70. The van der Waals surface area contributed by atoms with Gasteiger partial charge in [0.25, 0.3) is 0 Å². The van der Waals surface area contributed by atoms with Crippen LogP contribution in [0.4, 0.5) is 14.5 Å². The van der Waals surface area contributed by atoms with Gasteiger partial charge in [-0.2, -0.15) is 5.26 Å². The second-order valence-electron chi connectivity index (χ2n) is 3.85. The van der Waals surface area contributed by atoms with Crippen molar-refractivity contribution in [3.05, 3.63) is 64.1 Å². The average Bonchev–Trinajstić information content (AvgIpc) is 2.39. The lowest BCUT2D eigenvalue weighted by molar-refractivity contribution is 0.552. The van der Waals surface area contributed by atoms with Crippen LogP contribution in [0.15, 0.2) is 46.9 Å². The first-order valence-corrected chi connectivity index (χ1v) is 6.26. The van der Waals surface area contributed by atoms with Crippen LogP contribution in [-0.2, 0) is 0 Å². The van der Waals surface area contributed by atoms with E-state index in [1.54, 1.807) is 24.3 Å². The Morgan fingerprint density at radius 3 is 2.16 bits per heavy atom. The van der Waals surface area contributed by atoms with Gasteiger partial charge in [0.2, 0.25) is 0 Å². The Labute approximate surface area is 117 Å². The molecular formula is C14H9BrF2N2. The van der Waals surface area contributed by atoms with Crippen LogP contribution in [0.3, 0.4) is 0 Å². The second kappa shape index (κ2) is 5.81.